The number of hydrogen-bond donors (Lipinski definition) is 2. The highest BCUT2D eigenvalue weighted by Crippen LogP contribution is 2.09. The largest absolute Gasteiger partial charge is 0.336 e. The molecule has 1 unspecified atom stereocenters. The van der Waals surface area contributed by atoms with Gasteiger partial charge in [0.25, 0.3) is 5.91 Å². The lowest BCUT2D eigenvalue weighted by Crippen LogP contribution is -3.08. The van der Waals surface area contributed by atoms with Crippen LogP contribution in [0.1, 0.15) is 5.56 Å². The van der Waals surface area contributed by atoms with Gasteiger partial charge >= 0.3 is 6.03 Å². The average Bonchev–Trinajstić information content (AvgIpc) is 2.75. The van der Waals surface area contributed by atoms with Crippen molar-refractivity contribution in [2.24, 2.45) is 0 Å². The van der Waals surface area contributed by atoms with Gasteiger partial charge in [0.1, 0.15) is 6.54 Å². The number of carbonyl (C=O) groups is 2. The highest BCUT2D eigenvalue weighted by atomic mass is 35.5. The predicted octanol–water partition coefficient (Wildman–Crippen LogP) is -0.0935. The molecule has 1 atom stereocenters. The zero-order chi connectivity index (χ0) is 13.8. The second-order valence-electron chi connectivity index (χ2n) is 4.72. The molecule has 1 saturated heterocycles. The molecule has 1 aromatic rings. The zero-order valence-corrected chi connectivity index (χ0v) is 11.5. The second-order valence-corrected chi connectivity index (χ2v) is 5.15. The van der Waals surface area contributed by atoms with Crippen LogP contribution in [0.15, 0.2) is 24.3 Å². The lowest BCUT2D eigenvalue weighted by molar-refractivity contribution is -0.885. The summed E-state index contributed by atoms with van der Waals surface area (Å²) in [5.74, 6) is -0.144. The number of rotatable bonds is 4. The first-order valence-corrected chi connectivity index (χ1v) is 6.58. The number of halogens is 1. The molecular formula is C13H17ClN3O2+. The highest BCUT2D eigenvalue weighted by molar-refractivity contribution is 6.30. The van der Waals surface area contributed by atoms with E-state index in [1.165, 1.54) is 4.90 Å². The molecule has 1 aromatic carbocycles. The van der Waals surface area contributed by atoms with Gasteiger partial charge in [0.05, 0.1) is 7.05 Å². The van der Waals surface area contributed by atoms with Crippen LogP contribution in [0, 0.1) is 0 Å². The molecule has 1 heterocycles. The maximum absolute atomic E-state index is 11.9. The van der Waals surface area contributed by atoms with Crippen molar-refractivity contribution >= 4 is 23.5 Å². The third kappa shape index (κ3) is 3.68. The number of benzene rings is 1. The third-order valence-corrected chi connectivity index (χ3v) is 3.24. The lowest BCUT2D eigenvalue weighted by Gasteiger charge is -2.17. The normalized spacial score (nSPS) is 16.3. The van der Waals surface area contributed by atoms with Crippen LogP contribution in [0.5, 0.6) is 0 Å². The Morgan fingerprint density at radius 3 is 2.95 bits per heavy atom. The van der Waals surface area contributed by atoms with E-state index in [0.717, 1.165) is 10.5 Å². The number of nitrogens with one attached hydrogen (secondary N) is 2. The Hall–Kier alpha value is -1.59. The van der Waals surface area contributed by atoms with Crippen LogP contribution in [0.2, 0.25) is 5.02 Å². The minimum atomic E-state index is -0.291. The van der Waals surface area contributed by atoms with Gasteiger partial charge in [0, 0.05) is 23.7 Å². The Morgan fingerprint density at radius 2 is 2.32 bits per heavy atom. The fraction of sp³-hybridized carbons (Fsp3) is 0.385. The summed E-state index contributed by atoms with van der Waals surface area (Å²) in [6, 6.07) is 7.28. The van der Waals surface area contributed by atoms with Crippen molar-refractivity contribution in [1.82, 2.24) is 10.2 Å². The Balaban J connectivity index is 1.89. The summed E-state index contributed by atoms with van der Waals surface area (Å²) in [5.41, 5.74) is 1.07. The summed E-state index contributed by atoms with van der Waals surface area (Å²) in [4.78, 5) is 25.6. The molecule has 0 saturated carbocycles. The highest BCUT2D eigenvalue weighted by Gasteiger charge is 2.27. The van der Waals surface area contributed by atoms with Crippen molar-refractivity contribution in [3.63, 3.8) is 0 Å². The van der Waals surface area contributed by atoms with E-state index in [0.29, 0.717) is 31.2 Å². The Bertz CT molecular complexity index is 493. The molecular weight excluding hydrogens is 266 g/mol. The summed E-state index contributed by atoms with van der Waals surface area (Å²) < 4.78 is 0. The maximum Gasteiger partial charge on any atom is 0.324 e. The van der Waals surface area contributed by atoms with E-state index >= 15 is 0 Å². The van der Waals surface area contributed by atoms with Crippen LogP contribution >= 0.6 is 11.6 Å². The number of imide groups is 1. The standard InChI is InChI=1S/C13H16ClN3O2/c1-16(8-10-3-2-4-11(14)7-10)9-12(18)17-6-5-15-13(17)19/h2-4,7H,5-6,8-9H2,1H3,(H,15,19)/p+1. The minimum absolute atomic E-state index is 0.144. The SMILES string of the molecule is C[NH+](CC(=O)N1CCNC1=O)Cc1cccc(Cl)c1. The first-order valence-electron chi connectivity index (χ1n) is 6.20. The minimum Gasteiger partial charge on any atom is -0.336 e. The van der Waals surface area contributed by atoms with Gasteiger partial charge in [-0.25, -0.2) is 4.79 Å². The zero-order valence-electron chi connectivity index (χ0n) is 10.8. The summed E-state index contributed by atoms with van der Waals surface area (Å²) >= 11 is 5.92. The molecule has 0 bridgehead atoms. The van der Waals surface area contributed by atoms with Crippen molar-refractivity contribution in [2.45, 2.75) is 6.54 Å². The van der Waals surface area contributed by atoms with Gasteiger partial charge in [-0.05, 0) is 12.1 Å². The molecule has 1 aliphatic heterocycles. The van der Waals surface area contributed by atoms with Crippen LogP contribution in [-0.4, -0.2) is 43.5 Å². The smallest absolute Gasteiger partial charge is 0.324 e. The van der Waals surface area contributed by atoms with Crippen molar-refractivity contribution in [1.29, 1.82) is 0 Å². The van der Waals surface area contributed by atoms with Crippen LogP contribution in [0.25, 0.3) is 0 Å². The van der Waals surface area contributed by atoms with Gasteiger partial charge in [-0.2, -0.15) is 0 Å². The molecule has 5 nitrogen and oxygen atoms in total. The summed E-state index contributed by atoms with van der Waals surface area (Å²) in [6.07, 6.45) is 0. The predicted molar refractivity (Wildman–Crippen MR) is 72.0 cm³/mol. The molecule has 0 aromatic heterocycles. The second kappa shape index (κ2) is 6.04. The lowest BCUT2D eigenvalue weighted by atomic mass is 10.2. The van der Waals surface area contributed by atoms with Crippen molar-refractivity contribution in [3.05, 3.63) is 34.9 Å². The van der Waals surface area contributed by atoms with Gasteiger partial charge in [0.15, 0.2) is 6.54 Å². The maximum atomic E-state index is 11.9. The van der Waals surface area contributed by atoms with Gasteiger partial charge in [-0.3, -0.25) is 9.69 Å². The average molecular weight is 283 g/mol. The molecule has 3 amide bonds. The van der Waals surface area contributed by atoms with E-state index in [2.05, 4.69) is 5.32 Å². The number of likely N-dealkylation sites (N-methyl/N-ethyl adjacent to an activating group) is 1. The number of nitrogens with zero attached hydrogens (tertiary/aromatic N) is 1. The molecule has 102 valence electrons. The number of carbonyl (C=O) groups excluding carboxylic acids is 2. The number of amides is 3. The molecule has 1 fully saturated rings. The van der Waals surface area contributed by atoms with E-state index in [9.17, 15) is 9.59 Å². The third-order valence-electron chi connectivity index (χ3n) is 3.01. The Kier molecular flexibility index (Phi) is 4.39. The van der Waals surface area contributed by atoms with Gasteiger partial charge in [0.2, 0.25) is 0 Å². The molecule has 2 rings (SSSR count). The van der Waals surface area contributed by atoms with Crippen LogP contribution in [-0.2, 0) is 11.3 Å². The molecule has 19 heavy (non-hydrogen) atoms. The van der Waals surface area contributed by atoms with Crippen LogP contribution in [0.3, 0.4) is 0 Å². The first kappa shape index (κ1) is 13.8. The molecule has 1 aliphatic rings. The topological polar surface area (TPSA) is 53.9 Å². The van der Waals surface area contributed by atoms with Gasteiger partial charge in [-0.15, -0.1) is 0 Å². The van der Waals surface area contributed by atoms with Crippen molar-refractivity contribution in [2.75, 3.05) is 26.7 Å². The Morgan fingerprint density at radius 1 is 1.53 bits per heavy atom. The van der Waals surface area contributed by atoms with Crippen molar-refractivity contribution in [3.8, 4) is 0 Å². The first-order chi connectivity index (χ1) is 9.06. The molecule has 0 aliphatic carbocycles. The van der Waals surface area contributed by atoms with Gasteiger partial charge in [-0.1, -0.05) is 23.7 Å². The van der Waals surface area contributed by atoms with Crippen molar-refractivity contribution < 1.29 is 14.5 Å². The fourth-order valence-corrected chi connectivity index (χ4v) is 2.33. The number of urea groups is 1. The van der Waals surface area contributed by atoms with Crippen LogP contribution in [0.4, 0.5) is 4.79 Å². The van der Waals surface area contributed by atoms with E-state index in [1.54, 1.807) is 0 Å². The van der Waals surface area contributed by atoms with E-state index in [1.807, 2.05) is 31.3 Å². The molecule has 6 heteroatoms. The van der Waals surface area contributed by atoms with E-state index < -0.39 is 0 Å². The quantitative estimate of drug-likeness (QED) is 0.811. The summed E-state index contributed by atoms with van der Waals surface area (Å²) in [6.45, 7) is 1.99. The summed E-state index contributed by atoms with van der Waals surface area (Å²) in [5, 5.41) is 3.31. The van der Waals surface area contributed by atoms with Gasteiger partial charge < -0.3 is 10.2 Å². The fourth-order valence-electron chi connectivity index (χ4n) is 2.12. The van der Waals surface area contributed by atoms with E-state index in [4.69, 9.17) is 11.6 Å². The Labute approximate surface area is 117 Å². The van der Waals surface area contributed by atoms with Crippen LogP contribution < -0.4 is 10.2 Å². The molecule has 0 radical (unpaired) electrons. The summed E-state index contributed by atoms with van der Waals surface area (Å²) in [7, 11) is 1.92. The molecule has 2 N–H and O–H groups in total. The monoisotopic (exact) mass is 282 g/mol. The van der Waals surface area contributed by atoms with E-state index in [-0.39, 0.29) is 11.9 Å². The number of hydrogen-bond acceptors (Lipinski definition) is 2. The molecule has 0 spiro atoms. The number of quaternary nitrogens is 1.